The van der Waals surface area contributed by atoms with Crippen molar-refractivity contribution >= 4 is 34.4 Å². The maximum absolute atomic E-state index is 15.1. The van der Waals surface area contributed by atoms with Gasteiger partial charge in [0.05, 0.1) is 28.8 Å². The van der Waals surface area contributed by atoms with Gasteiger partial charge in [-0.2, -0.15) is 14.6 Å². The van der Waals surface area contributed by atoms with Gasteiger partial charge < -0.3 is 14.8 Å². The Kier molecular flexibility index (Phi) is 11.0. The van der Waals surface area contributed by atoms with Gasteiger partial charge in [-0.3, -0.25) is 4.79 Å². The smallest absolute Gasteiger partial charge is 0.247 e. The van der Waals surface area contributed by atoms with Crippen LogP contribution in [0.5, 0.6) is 5.75 Å². The van der Waals surface area contributed by atoms with Gasteiger partial charge in [0.2, 0.25) is 11.6 Å². The zero-order chi connectivity index (χ0) is 33.6. The van der Waals surface area contributed by atoms with Gasteiger partial charge in [0.15, 0.2) is 5.75 Å². The zero-order valence-corrected chi connectivity index (χ0v) is 28.1. The van der Waals surface area contributed by atoms with E-state index in [0.29, 0.717) is 51.4 Å². The first-order valence-corrected chi connectivity index (χ1v) is 16.0. The Balaban J connectivity index is 0.000000892. The third-order valence-electron chi connectivity index (χ3n) is 5.96. The third-order valence-corrected chi connectivity index (χ3v) is 7.33. The van der Waals surface area contributed by atoms with Crippen molar-refractivity contribution in [1.82, 2.24) is 29.4 Å². The Morgan fingerprint density at radius 3 is 2.46 bits per heavy atom. The minimum absolute atomic E-state index is 0.0917. The molecule has 0 radical (unpaired) electrons. The van der Waals surface area contributed by atoms with Crippen molar-refractivity contribution in [2.75, 3.05) is 11.9 Å². The maximum atomic E-state index is 15.1. The number of benzene rings is 2. The van der Waals surface area contributed by atoms with E-state index in [1.807, 2.05) is 33.9 Å². The number of carbonyl (C=O) groups is 1. The molecule has 2 atom stereocenters. The summed E-state index contributed by atoms with van der Waals surface area (Å²) in [6, 6.07) is 10.5. The lowest BCUT2D eigenvalue weighted by molar-refractivity contribution is 0.0160. The summed E-state index contributed by atoms with van der Waals surface area (Å²) in [5, 5.41) is 11.7. The first kappa shape index (κ1) is 34.4. The average Bonchev–Trinajstić information content (AvgIpc) is 3.65. The maximum Gasteiger partial charge on any atom is 0.247 e. The fourth-order valence-corrected chi connectivity index (χ4v) is 5.21. The van der Waals surface area contributed by atoms with Crippen molar-refractivity contribution in [1.29, 1.82) is 0 Å². The van der Waals surface area contributed by atoms with Crippen LogP contribution in [0.3, 0.4) is 0 Å². The Morgan fingerprint density at radius 1 is 1.09 bits per heavy atom. The number of ether oxygens (including phenoxy) is 2. The molecule has 46 heavy (non-hydrogen) atoms. The number of anilines is 2. The van der Waals surface area contributed by atoms with Gasteiger partial charge in [-0.05, 0) is 63.4 Å². The molecule has 0 aliphatic carbocycles. The third kappa shape index (κ3) is 8.82. The number of hydrogen-bond acceptors (Lipinski definition) is 9. The summed E-state index contributed by atoms with van der Waals surface area (Å²) >= 11 is 0. The largest absolute Gasteiger partial charge is 0.485 e. The molecule has 5 aromatic rings. The van der Waals surface area contributed by atoms with E-state index in [0.717, 1.165) is 0 Å². The van der Waals surface area contributed by atoms with Crippen LogP contribution in [0.4, 0.5) is 16.0 Å². The van der Waals surface area contributed by atoms with Gasteiger partial charge >= 0.3 is 0 Å². The number of aromatic nitrogens is 6. The highest BCUT2D eigenvalue weighted by Crippen LogP contribution is 2.33. The van der Waals surface area contributed by atoms with Crippen LogP contribution in [-0.2, 0) is 15.5 Å². The van der Waals surface area contributed by atoms with Crippen LogP contribution >= 0.6 is 0 Å². The first-order chi connectivity index (χ1) is 21.8. The molecule has 0 amide bonds. The SMILES string of the molecule is CC(C)(C)C.CCOC(C)n1cc(-c2ncn3nc(Nc4ccc(S(=O)c5cccc(C=O)c5)cc4F)nc3c2OC(C)C)cn1. The number of nitrogens with one attached hydrogen (secondary N) is 1. The van der Waals surface area contributed by atoms with Gasteiger partial charge in [0.25, 0.3) is 0 Å². The van der Waals surface area contributed by atoms with Crippen LogP contribution in [0.1, 0.15) is 72.0 Å². The number of hydrogen-bond donors (Lipinski definition) is 1. The molecule has 0 spiro atoms. The summed E-state index contributed by atoms with van der Waals surface area (Å²) in [4.78, 5) is 20.8. The Labute approximate surface area is 270 Å². The van der Waals surface area contributed by atoms with Crippen LogP contribution < -0.4 is 10.1 Å². The molecule has 0 aliphatic rings. The molecule has 0 aliphatic heterocycles. The van der Waals surface area contributed by atoms with Gasteiger partial charge in [-0.15, -0.1) is 5.10 Å². The van der Waals surface area contributed by atoms with E-state index in [9.17, 15) is 9.00 Å². The summed E-state index contributed by atoms with van der Waals surface area (Å²) in [7, 11) is -1.67. The fraction of sp³-hybridized carbons (Fsp3) is 0.364. The number of carbonyl (C=O) groups excluding carboxylic acids is 1. The van der Waals surface area contributed by atoms with E-state index in [1.54, 1.807) is 35.1 Å². The van der Waals surface area contributed by atoms with Gasteiger partial charge in [-0.25, -0.2) is 18.3 Å². The summed E-state index contributed by atoms with van der Waals surface area (Å²) in [6.45, 7) is 16.9. The molecule has 244 valence electrons. The van der Waals surface area contributed by atoms with E-state index in [4.69, 9.17) is 9.47 Å². The van der Waals surface area contributed by atoms with Crippen molar-refractivity contribution < 1.29 is 22.9 Å². The van der Waals surface area contributed by atoms with E-state index >= 15 is 4.39 Å². The summed E-state index contributed by atoms with van der Waals surface area (Å²) in [5.74, 6) is -0.130. The fourth-order valence-electron chi connectivity index (χ4n) is 4.09. The number of halogens is 1. The zero-order valence-electron chi connectivity index (χ0n) is 27.3. The second-order valence-electron chi connectivity index (χ2n) is 12.3. The molecule has 3 heterocycles. The second-order valence-corrected chi connectivity index (χ2v) is 13.8. The minimum atomic E-state index is -1.67. The van der Waals surface area contributed by atoms with Gasteiger partial charge in [-0.1, -0.05) is 39.8 Å². The molecule has 0 saturated carbocycles. The molecule has 13 heteroatoms. The predicted octanol–water partition coefficient (Wildman–Crippen LogP) is 7.24. The molecule has 11 nitrogen and oxygen atoms in total. The molecule has 0 saturated heterocycles. The van der Waals surface area contributed by atoms with Gasteiger partial charge in [0, 0.05) is 33.7 Å². The lowest BCUT2D eigenvalue weighted by atomic mass is 10.0. The average molecular weight is 650 g/mol. The molecule has 0 bridgehead atoms. The van der Waals surface area contributed by atoms with E-state index in [1.165, 1.54) is 29.0 Å². The Bertz CT molecular complexity index is 1820. The number of aldehydes is 1. The van der Waals surface area contributed by atoms with Crippen molar-refractivity contribution in [3.63, 3.8) is 0 Å². The van der Waals surface area contributed by atoms with E-state index in [2.05, 4.69) is 53.2 Å². The summed E-state index contributed by atoms with van der Waals surface area (Å²) in [6.07, 6.45) is 5.21. The molecule has 1 N–H and O–H groups in total. The Morgan fingerprint density at radius 2 is 1.80 bits per heavy atom. The first-order valence-electron chi connectivity index (χ1n) is 14.9. The van der Waals surface area contributed by atoms with Crippen LogP contribution in [0, 0.1) is 11.2 Å². The quantitative estimate of drug-likeness (QED) is 0.147. The second kappa shape index (κ2) is 14.7. The monoisotopic (exact) mass is 649 g/mol. The lowest BCUT2D eigenvalue weighted by Crippen LogP contribution is -2.10. The molecule has 5 rings (SSSR count). The number of fused-ring (bicyclic) bond motifs is 1. The summed E-state index contributed by atoms with van der Waals surface area (Å²) in [5.41, 5.74) is 2.59. The van der Waals surface area contributed by atoms with E-state index in [-0.39, 0.29) is 28.9 Å². The lowest BCUT2D eigenvalue weighted by Gasteiger charge is -2.13. The molecule has 2 unspecified atom stereocenters. The normalized spacial score (nSPS) is 12.8. The standard InChI is InChI=1S/C28H28FN7O4S.C5H12/c1-5-39-18(4)35-14-20(13-31-35)25-26(40-17(2)3)27-33-28(34-36(27)16-30-25)32-24-10-9-22(12-23(24)29)41(38)21-8-6-7-19(11-21)15-37;1-5(2,3)4/h6-18H,5H2,1-4H3,(H,32,34);1-4H3. The van der Waals surface area contributed by atoms with Gasteiger partial charge in [0.1, 0.15) is 30.4 Å². The van der Waals surface area contributed by atoms with Crippen molar-refractivity contribution in [2.45, 2.75) is 77.5 Å². The van der Waals surface area contributed by atoms with Crippen molar-refractivity contribution in [3.8, 4) is 17.0 Å². The predicted molar refractivity (Wildman–Crippen MR) is 175 cm³/mol. The highest BCUT2D eigenvalue weighted by molar-refractivity contribution is 7.85. The highest BCUT2D eigenvalue weighted by Gasteiger charge is 2.21. The molecule has 0 fully saturated rings. The van der Waals surface area contributed by atoms with Crippen LogP contribution in [0.25, 0.3) is 16.9 Å². The number of nitrogens with zero attached hydrogens (tertiary/aromatic N) is 6. The highest BCUT2D eigenvalue weighted by atomic mass is 32.2. The minimum Gasteiger partial charge on any atom is -0.485 e. The van der Waals surface area contributed by atoms with Crippen molar-refractivity contribution in [3.05, 3.63) is 72.6 Å². The number of rotatable bonds is 11. The van der Waals surface area contributed by atoms with Crippen LogP contribution in [0.15, 0.2) is 71.0 Å². The Hall–Kier alpha value is -4.49. The molecular weight excluding hydrogens is 609 g/mol. The molecule has 2 aromatic carbocycles. The topological polar surface area (TPSA) is 126 Å². The van der Waals surface area contributed by atoms with Crippen molar-refractivity contribution in [2.24, 2.45) is 5.41 Å². The molecular formula is C33H40FN7O4S. The van der Waals surface area contributed by atoms with Crippen LogP contribution in [0.2, 0.25) is 0 Å². The summed E-state index contributed by atoms with van der Waals surface area (Å²) < 4.78 is 42.9. The van der Waals surface area contributed by atoms with E-state index < -0.39 is 16.6 Å². The molecule has 3 aromatic heterocycles. The van der Waals surface area contributed by atoms with Crippen LogP contribution in [-0.4, -0.2) is 52.6 Å².